The van der Waals surface area contributed by atoms with Gasteiger partial charge >= 0.3 is 6.09 Å². The Bertz CT molecular complexity index is 581. The van der Waals surface area contributed by atoms with E-state index in [1.807, 2.05) is 45.0 Å². The number of carbonyl (C=O) groups is 2. The summed E-state index contributed by atoms with van der Waals surface area (Å²) in [5.41, 5.74) is 1.53. The summed E-state index contributed by atoms with van der Waals surface area (Å²) in [5, 5.41) is 6.03. The third-order valence-corrected chi connectivity index (χ3v) is 3.61. The third-order valence-electron chi connectivity index (χ3n) is 3.61. The third kappa shape index (κ3) is 4.69. The minimum atomic E-state index is -0.503. The van der Waals surface area contributed by atoms with Gasteiger partial charge in [0.1, 0.15) is 5.60 Å². The lowest BCUT2D eigenvalue weighted by atomic mass is 9.96. The van der Waals surface area contributed by atoms with E-state index in [9.17, 15) is 9.59 Å². The zero-order valence-electron chi connectivity index (χ0n) is 14.2. The zero-order chi connectivity index (χ0) is 17.0. The van der Waals surface area contributed by atoms with Gasteiger partial charge in [0.25, 0.3) is 0 Å². The van der Waals surface area contributed by atoms with Gasteiger partial charge in [0.15, 0.2) is 0 Å². The van der Waals surface area contributed by atoms with Crippen LogP contribution >= 0.6 is 0 Å². The van der Waals surface area contributed by atoms with Crippen molar-refractivity contribution in [1.82, 2.24) is 10.6 Å². The summed E-state index contributed by atoms with van der Waals surface area (Å²) in [5.74, 6) is 0.0845. The minimum Gasteiger partial charge on any atom is -0.444 e. The van der Waals surface area contributed by atoms with Crippen molar-refractivity contribution in [2.75, 3.05) is 25.0 Å². The molecule has 0 spiro atoms. The standard InChI is InChI=1S/C17H25N3O3/c1-17(2,3)23-16(22)19-10-9-18-13-11-15(21)20(4)14-8-6-5-7-12(13)14/h5-8,13,18H,9-11H2,1-4H3,(H,19,22). The molecule has 1 unspecified atom stereocenters. The second-order valence-electron chi connectivity index (χ2n) is 6.65. The van der Waals surface area contributed by atoms with Gasteiger partial charge in [0.2, 0.25) is 5.91 Å². The average Bonchev–Trinajstić information content (AvgIpc) is 2.46. The number of anilines is 1. The fourth-order valence-corrected chi connectivity index (χ4v) is 2.55. The summed E-state index contributed by atoms with van der Waals surface area (Å²) in [4.78, 5) is 25.3. The van der Waals surface area contributed by atoms with Gasteiger partial charge in [0.05, 0.1) is 0 Å². The molecule has 0 saturated carbocycles. The van der Waals surface area contributed by atoms with E-state index in [0.717, 1.165) is 11.3 Å². The van der Waals surface area contributed by atoms with Crippen molar-refractivity contribution in [3.63, 3.8) is 0 Å². The molecule has 23 heavy (non-hydrogen) atoms. The predicted molar refractivity (Wildman–Crippen MR) is 89.4 cm³/mol. The van der Waals surface area contributed by atoms with Gasteiger partial charge in [-0.2, -0.15) is 0 Å². The molecular weight excluding hydrogens is 294 g/mol. The fraction of sp³-hybridized carbons (Fsp3) is 0.529. The fourth-order valence-electron chi connectivity index (χ4n) is 2.55. The van der Waals surface area contributed by atoms with Crippen molar-refractivity contribution in [2.24, 2.45) is 0 Å². The van der Waals surface area contributed by atoms with E-state index >= 15 is 0 Å². The Kier molecular flexibility index (Phi) is 5.26. The summed E-state index contributed by atoms with van der Waals surface area (Å²) in [6.07, 6.45) is -0.0147. The van der Waals surface area contributed by atoms with Crippen molar-refractivity contribution in [1.29, 1.82) is 0 Å². The van der Waals surface area contributed by atoms with E-state index in [0.29, 0.717) is 19.5 Å². The number of amides is 2. The molecule has 2 rings (SSSR count). The number of benzene rings is 1. The summed E-state index contributed by atoms with van der Waals surface area (Å²) in [6.45, 7) is 6.48. The van der Waals surface area contributed by atoms with Gasteiger partial charge in [-0.3, -0.25) is 4.79 Å². The average molecular weight is 319 g/mol. The van der Waals surface area contributed by atoms with Crippen LogP contribution in [0.15, 0.2) is 24.3 Å². The number of carbonyl (C=O) groups excluding carboxylic acids is 2. The molecule has 1 heterocycles. The molecule has 0 saturated heterocycles. The maximum Gasteiger partial charge on any atom is 0.407 e. The van der Waals surface area contributed by atoms with Crippen molar-refractivity contribution in [3.8, 4) is 0 Å². The molecular formula is C17H25N3O3. The Hall–Kier alpha value is -2.08. The highest BCUT2D eigenvalue weighted by atomic mass is 16.6. The molecule has 0 fully saturated rings. The largest absolute Gasteiger partial charge is 0.444 e. The number of hydrogen-bond acceptors (Lipinski definition) is 4. The molecule has 6 heteroatoms. The van der Waals surface area contributed by atoms with Gasteiger partial charge in [-0.1, -0.05) is 18.2 Å². The monoisotopic (exact) mass is 319 g/mol. The lowest BCUT2D eigenvalue weighted by molar-refractivity contribution is -0.119. The van der Waals surface area contributed by atoms with Crippen LogP contribution in [0.4, 0.5) is 10.5 Å². The van der Waals surface area contributed by atoms with Gasteiger partial charge in [-0.05, 0) is 32.4 Å². The molecule has 126 valence electrons. The number of fused-ring (bicyclic) bond motifs is 1. The van der Waals surface area contributed by atoms with E-state index in [2.05, 4.69) is 10.6 Å². The quantitative estimate of drug-likeness (QED) is 0.835. The first-order valence-corrected chi connectivity index (χ1v) is 7.83. The van der Waals surface area contributed by atoms with Crippen LogP contribution in [0.1, 0.15) is 38.8 Å². The number of nitrogens with one attached hydrogen (secondary N) is 2. The lowest BCUT2D eigenvalue weighted by Gasteiger charge is -2.32. The lowest BCUT2D eigenvalue weighted by Crippen LogP contribution is -2.41. The second kappa shape index (κ2) is 7.00. The van der Waals surface area contributed by atoms with Crippen LogP contribution in [0.5, 0.6) is 0 Å². The highest BCUT2D eigenvalue weighted by Gasteiger charge is 2.28. The first-order chi connectivity index (χ1) is 10.8. The number of hydrogen-bond donors (Lipinski definition) is 2. The second-order valence-corrected chi connectivity index (χ2v) is 6.65. The number of rotatable bonds is 4. The van der Waals surface area contributed by atoms with E-state index in [1.165, 1.54) is 0 Å². The molecule has 1 atom stereocenters. The molecule has 0 radical (unpaired) electrons. The Labute approximate surface area is 137 Å². The summed E-state index contributed by atoms with van der Waals surface area (Å²) >= 11 is 0. The van der Waals surface area contributed by atoms with Crippen molar-refractivity contribution in [2.45, 2.75) is 38.8 Å². The Morgan fingerprint density at radius 2 is 2.00 bits per heavy atom. The van der Waals surface area contributed by atoms with E-state index < -0.39 is 11.7 Å². The van der Waals surface area contributed by atoms with Gasteiger partial charge < -0.3 is 20.3 Å². The van der Waals surface area contributed by atoms with Crippen molar-refractivity contribution >= 4 is 17.7 Å². The topological polar surface area (TPSA) is 70.7 Å². The SMILES string of the molecule is CN1C(=O)CC(NCCNC(=O)OC(C)(C)C)c2ccccc21. The first-order valence-electron chi connectivity index (χ1n) is 7.83. The van der Waals surface area contributed by atoms with Crippen LogP contribution in [-0.2, 0) is 9.53 Å². The summed E-state index contributed by atoms with van der Waals surface area (Å²) < 4.78 is 5.18. The van der Waals surface area contributed by atoms with Crippen LogP contribution < -0.4 is 15.5 Å². The molecule has 2 amide bonds. The minimum absolute atomic E-state index is 0.0321. The maximum atomic E-state index is 12.1. The molecule has 1 aliphatic rings. The molecule has 1 aromatic rings. The van der Waals surface area contributed by atoms with Crippen LogP contribution in [0.2, 0.25) is 0 Å². The molecule has 0 aliphatic carbocycles. The predicted octanol–water partition coefficient (Wildman–Crippen LogP) is 2.21. The molecule has 1 aliphatic heterocycles. The van der Waals surface area contributed by atoms with Crippen LogP contribution in [0.25, 0.3) is 0 Å². The van der Waals surface area contributed by atoms with E-state index in [4.69, 9.17) is 4.74 Å². The molecule has 0 bridgehead atoms. The van der Waals surface area contributed by atoms with Crippen LogP contribution in [0.3, 0.4) is 0 Å². The molecule has 0 aromatic heterocycles. The van der Waals surface area contributed by atoms with Gasteiger partial charge in [-0.25, -0.2) is 4.79 Å². The Morgan fingerprint density at radius 3 is 2.70 bits per heavy atom. The highest BCUT2D eigenvalue weighted by molar-refractivity contribution is 5.96. The van der Waals surface area contributed by atoms with E-state index in [-0.39, 0.29) is 11.9 Å². The normalized spacial score (nSPS) is 17.7. The number of nitrogens with zero attached hydrogens (tertiary/aromatic N) is 1. The number of para-hydroxylation sites is 1. The Balaban J connectivity index is 1.86. The van der Waals surface area contributed by atoms with Gasteiger partial charge in [0, 0.05) is 38.3 Å². The van der Waals surface area contributed by atoms with Crippen LogP contribution in [0, 0.1) is 0 Å². The number of alkyl carbamates (subject to hydrolysis) is 1. The van der Waals surface area contributed by atoms with Crippen LogP contribution in [-0.4, -0.2) is 37.7 Å². The van der Waals surface area contributed by atoms with E-state index in [1.54, 1.807) is 11.9 Å². The molecule has 2 N–H and O–H groups in total. The highest BCUT2D eigenvalue weighted by Crippen LogP contribution is 2.33. The maximum absolute atomic E-state index is 12.1. The smallest absolute Gasteiger partial charge is 0.407 e. The molecule has 1 aromatic carbocycles. The Morgan fingerprint density at radius 1 is 1.30 bits per heavy atom. The van der Waals surface area contributed by atoms with Gasteiger partial charge in [-0.15, -0.1) is 0 Å². The van der Waals surface area contributed by atoms with Crippen molar-refractivity contribution < 1.29 is 14.3 Å². The first kappa shape index (κ1) is 17.3. The summed E-state index contributed by atoms with van der Waals surface area (Å²) in [7, 11) is 1.79. The zero-order valence-corrected chi connectivity index (χ0v) is 14.2. The molecule has 6 nitrogen and oxygen atoms in total. The summed E-state index contributed by atoms with van der Waals surface area (Å²) in [6, 6.07) is 7.83. The number of ether oxygens (including phenoxy) is 1. The van der Waals surface area contributed by atoms with Crippen molar-refractivity contribution in [3.05, 3.63) is 29.8 Å².